The summed E-state index contributed by atoms with van der Waals surface area (Å²) < 4.78 is 0. The Morgan fingerprint density at radius 3 is 2.20 bits per heavy atom. The van der Waals surface area contributed by atoms with Crippen molar-refractivity contribution >= 4 is 11.5 Å². The minimum atomic E-state index is -0.147. The van der Waals surface area contributed by atoms with Gasteiger partial charge in [-0.3, -0.25) is 0 Å². The van der Waals surface area contributed by atoms with Crippen LogP contribution >= 0.6 is 0 Å². The Kier molecular flexibility index (Phi) is 4.60. The molecule has 0 aromatic heterocycles. The molecule has 0 heterocycles. The second-order valence-electron chi connectivity index (χ2n) is 4.70. The number of likely N-dealkylation sites (N-methyl/N-ethyl adjacent to an activating group) is 1. The van der Waals surface area contributed by atoms with Gasteiger partial charge in [0.2, 0.25) is 0 Å². The number of anilines is 1. The lowest BCUT2D eigenvalue weighted by molar-refractivity contribution is 0.316. The Morgan fingerprint density at radius 1 is 1.10 bits per heavy atom. The third-order valence-corrected chi connectivity index (χ3v) is 3.33. The van der Waals surface area contributed by atoms with Crippen LogP contribution in [0.3, 0.4) is 0 Å². The number of nitrogens with zero attached hydrogens (tertiary/aromatic N) is 2. The second kappa shape index (κ2) is 6.61. The van der Waals surface area contributed by atoms with Gasteiger partial charge in [0.05, 0.1) is 5.92 Å². The molecule has 0 bridgehead atoms. The Hall–Kier alpha value is -2.49. The van der Waals surface area contributed by atoms with Gasteiger partial charge >= 0.3 is 0 Å². The molecule has 0 aliphatic heterocycles. The molecule has 0 saturated heterocycles. The topological polar surface area (TPSA) is 61.8 Å². The zero-order valence-corrected chi connectivity index (χ0v) is 11.5. The summed E-state index contributed by atoms with van der Waals surface area (Å²) in [6.07, 6.45) is 0. The van der Waals surface area contributed by atoms with Gasteiger partial charge in [-0.15, -0.1) is 0 Å². The molecule has 0 aliphatic carbocycles. The number of rotatable bonds is 5. The zero-order valence-electron chi connectivity index (χ0n) is 11.5. The van der Waals surface area contributed by atoms with E-state index in [9.17, 15) is 0 Å². The minimum Gasteiger partial charge on any atom is -0.409 e. The van der Waals surface area contributed by atoms with Crippen molar-refractivity contribution in [2.24, 2.45) is 10.9 Å². The minimum absolute atomic E-state index is 0.147. The molecule has 104 valence electrons. The third kappa shape index (κ3) is 3.29. The molecule has 2 rings (SSSR count). The fraction of sp³-hybridized carbons (Fsp3) is 0.188. The number of hydrogen-bond acceptors (Lipinski definition) is 3. The molecule has 2 aromatic rings. The number of hydrogen-bond donors (Lipinski definition) is 2. The molecule has 0 saturated carbocycles. The summed E-state index contributed by atoms with van der Waals surface area (Å²) in [6.45, 7) is 0.643. The molecule has 20 heavy (non-hydrogen) atoms. The summed E-state index contributed by atoms with van der Waals surface area (Å²) in [7, 11) is 2.00. The van der Waals surface area contributed by atoms with Crippen molar-refractivity contribution in [2.75, 3.05) is 18.5 Å². The standard InChI is InChI=1S/C16H19N3O/c1-19(14-10-6-3-7-11-14)12-15(16(17)18-20)13-8-4-2-5-9-13/h2-11,15,20H,12H2,1H3,(H2,17,18). The number of para-hydroxylation sites is 1. The first-order valence-corrected chi connectivity index (χ1v) is 6.51. The van der Waals surface area contributed by atoms with Crippen LogP contribution < -0.4 is 10.6 Å². The van der Waals surface area contributed by atoms with E-state index in [0.29, 0.717) is 6.54 Å². The monoisotopic (exact) mass is 269 g/mol. The summed E-state index contributed by atoms with van der Waals surface area (Å²) in [5, 5.41) is 12.2. The summed E-state index contributed by atoms with van der Waals surface area (Å²) >= 11 is 0. The maximum Gasteiger partial charge on any atom is 0.148 e. The quantitative estimate of drug-likeness (QED) is 0.379. The molecule has 0 amide bonds. The SMILES string of the molecule is CN(CC(C(N)=NO)c1ccccc1)c1ccccc1. The maximum atomic E-state index is 8.99. The second-order valence-corrected chi connectivity index (χ2v) is 4.70. The summed E-state index contributed by atoms with van der Waals surface area (Å²) in [4.78, 5) is 2.09. The average Bonchev–Trinajstić information content (AvgIpc) is 2.53. The smallest absolute Gasteiger partial charge is 0.148 e. The Bertz CT molecular complexity index is 554. The normalized spacial score (nSPS) is 12.9. The molecule has 0 radical (unpaired) electrons. The van der Waals surface area contributed by atoms with Crippen LogP contribution in [0.2, 0.25) is 0 Å². The van der Waals surface area contributed by atoms with Gasteiger partial charge in [-0.25, -0.2) is 0 Å². The van der Waals surface area contributed by atoms with Crippen LogP contribution in [0, 0.1) is 0 Å². The van der Waals surface area contributed by atoms with Gasteiger partial charge in [-0.05, 0) is 17.7 Å². The van der Waals surface area contributed by atoms with Crippen molar-refractivity contribution < 1.29 is 5.21 Å². The van der Waals surface area contributed by atoms with Crippen molar-refractivity contribution in [1.29, 1.82) is 0 Å². The first kappa shape index (κ1) is 13.9. The lowest BCUT2D eigenvalue weighted by atomic mass is 9.97. The highest BCUT2D eigenvalue weighted by molar-refractivity contribution is 5.87. The average molecular weight is 269 g/mol. The van der Waals surface area contributed by atoms with Gasteiger partial charge in [0.25, 0.3) is 0 Å². The molecule has 4 heteroatoms. The van der Waals surface area contributed by atoms with Crippen LogP contribution in [0.1, 0.15) is 11.5 Å². The molecule has 0 spiro atoms. The molecular weight excluding hydrogens is 250 g/mol. The van der Waals surface area contributed by atoms with Gasteiger partial charge < -0.3 is 15.8 Å². The maximum absolute atomic E-state index is 8.99. The lowest BCUT2D eigenvalue weighted by Crippen LogP contribution is -2.33. The highest BCUT2D eigenvalue weighted by Crippen LogP contribution is 2.20. The van der Waals surface area contributed by atoms with E-state index in [1.54, 1.807) is 0 Å². The number of benzene rings is 2. The van der Waals surface area contributed by atoms with Gasteiger partial charge in [0.15, 0.2) is 0 Å². The Morgan fingerprint density at radius 2 is 1.65 bits per heavy atom. The van der Waals surface area contributed by atoms with Crippen LogP contribution in [-0.4, -0.2) is 24.6 Å². The van der Waals surface area contributed by atoms with Crippen molar-refractivity contribution in [3.8, 4) is 0 Å². The predicted molar refractivity (Wildman–Crippen MR) is 82.3 cm³/mol. The van der Waals surface area contributed by atoms with E-state index >= 15 is 0 Å². The highest BCUT2D eigenvalue weighted by atomic mass is 16.4. The third-order valence-electron chi connectivity index (χ3n) is 3.33. The van der Waals surface area contributed by atoms with E-state index in [2.05, 4.69) is 10.1 Å². The van der Waals surface area contributed by atoms with Gasteiger partial charge in [-0.1, -0.05) is 53.7 Å². The van der Waals surface area contributed by atoms with E-state index in [4.69, 9.17) is 10.9 Å². The fourth-order valence-electron chi connectivity index (χ4n) is 2.19. The Balaban J connectivity index is 2.21. The van der Waals surface area contributed by atoms with E-state index in [0.717, 1.165) is 11.3 Å². The van der Waals surface area contributed by atoms with Crippen molar-refractivity contribution in [3.05, 3.63) is 66.2 Å². The number of oxime groups is 1. The molecule has 0 fully saturated rings. The molecule has 1 unspecified atom stereocenters. The molecule has 2 aromatic carbocycles. The molecule has 4 nitrogen and oxygen atoms in total. The molecule has 3 N–H and O–H groups in total. The Labute approximate surface area is 119 Å². The molecule has 1 atom stereocenters. The summed E-state index contributed by atoms with van der Waals surface area (Å²) in [5.41, 5.74) is 7.98. The van der Waals surface area contributed by atoms with E-state index in [1.807, 2.05) is 67.7 Å². The van der Waals surface area contributed by atoms with Crippen LogP contribution in [0.15, 0.2) is 65.8 Å². The zero-order chi connectivity index (χ0) is 14.4. The van der Waals surface area contributed by atoms with Crippen molar-refractivity contribution in [2.45, 2.75) is 5.92 Å². The van der Waals surface area contributed by atoms with Crippen molar-refractivity contribution in [3.63, 3.8) is 0 Å². The van der Waals surface area contributed by atoms with Crippen molar-refractivity contribution in [1.82, 2.24) is 0 Å². The lowest BCUT2D eigenvalue weighted by Gasteiger charge is -2.25. The first-order chi connectivity index (χ1) is 9.72. The largest absolute Gasteiger partial charge is 0.409 e. The van der Waals surface area contributed by atoms with Gasteiger partial charge in [0, 0.05) is 19.3 Å². The number of nitrogens with two attached hydrogens (primary N) is 1. The predicted octanol–water partition coefficient (Wildman–Crippen LogP) is 2.65. The van der Waals surface area contributed by atoms with Crippen LogP contribution in [0.5, 0.6) is 0 Å². The summed E-state index contributed by atoms with van der Waals surface area (Å²) in [6, 6.07) is 19.9. The van der Waals surface area contributed by atoms with E-state index < -0.39 is 0 Å². The molecular formula is C16H19N3O. The molecule has 0 aliphatic rings. The van der Waals surface area contributed by atoms with Gasteiger partial charge in [-0.2, -0.15) is 0 Å². The van der Waals surface area contributed by atoms with Crippen LogP contribution in [0.4, 0.5) is 5.69 Å². The number of amidine groups is 1. The summed E-state index contributed by atoms with van der Waals surface area (Å²) in [5.74, 6) is 0.0744. The van der Waals surface area contributed by atoms with Gasteiger partial charge in [0.1, 0.15) is 5.84 Å². The van der Waals surface area contributed by atoms with Crippen LogP contribution in [0.25, 0.3) is 0 Å². The highest BCUT2D eigenvalue weighted by Gasteiger charge is 2.18. The fourth-order valence-corrected chi connectivity index (χ4v) is 2.19. The van der Waals surface area contributed by atoms with E-state index in [1.165, 1.54) is 0 Å². The first-order valence-electron chi connectivity index (χ1n) is 6.51. The van der Waals surface area contributed by atoms with E-state index in [-0.39, 0.29) is 11.8 Å². The van der Waals surface area contributed by atoms with Crippen LogP contribution in [-0.2, 0) is 0 Å².